The van der Waals surface area contributed by atoms with Crippen molar-refractivity contribution in [2.75, 3.05) is 13.2 Å². The number of nitrogens with two attached hydrogens (primary N) is 1. The molecule has 21 heavy (non-hydrogen) atoms. The number of hydrogen-bond acceptors (Lipinski definition) is 3. The van der Waals surface area contributed by atoms with Crippen LogP contribution in [0.1, 0.15) is 44.6 Å². The maximum Gasteiger partial charge on any atom is 0.0674 e. The van der Waals surface area contributed by atoms with Crippen molar-refractivity contribution in [3.05, 3.63) is 35.9 Å². The monoisotopic (exact) mass is 288 g/mol. The van der Waals surface area contributed by atoms with Gasteiger partial charge in [0.05, 0.1) is 12.7 Å². The molecule has 2 aliphatic rings. The third-order valence-electron chi connectivity index (χ3n) is 5.22. The molecule has 1 aromatic rings. The van der Waals surface area contributed by atoms with Crippen molar-refractivity contribution in [1.29, 1.82) is 0 Å². The lowest BCUT2D eigenvalue weighted by atomic mass is 9.78. The highest BCUT2D eigenvalue weighted by Gasteiger charge is 2.37. The first-order chi connectivity index (χ1) is 10.1. The smallest absolute Gasteiger partial charge is 0.0674 e. The van der Waals surface area contributed by atoms with Crippen molar-refractivity contribution < 1.29 is 4.74 Å². The van der Waals surface area contributed by atoms with Gasteiger partial charge in [0.25, 0.3) is 0 Å². The summed E-state index contributed by atoms with van der Waals surface area (Å²) in [6.45, 7) is 6.29. The summed E-state index contributed by atoms with van der Waals surface area (Å²) in [5.74, 6) is 0.654. The van der Waals surface area contributed by atoms with Crippen LogP contribution in [-0.4, -0.2) is 42.3 Å². The standard InChI is InChI=1S/C18H28N2O/c1-13-12-21-14(2)11-20(13)18-10-16(8-9-17(18)19)15-6-4-3-5-7-15/h3-7,13-14,16-18H,8-12,19H2,1-2H3. The van der Waals surface area contributed by atoms with E-state index in [2.05, 4.69) is 49.1 Å². The molecule has 3 rings (SSSR count). The van der Waals surface area contributed by atoms with Crippen LogP contribution in [0.5, 0.6) is 0 Å². The van der Waals surface area contributed by atoms with E-state index in [-0.39, 0.29) is 0 Å². The fraction of sp³-hybridized carbons (Fsp3) is 0.667. The highest BCUT2D eigenvalue weighted by Crippen LogP contribution is 2.35. The summed E-state index contributed by atoms with van der Waals surface area (Å²) in [6, 6.07) is 12.2. The second-order valence-electron chi connectivity index (χ2n) is 6.84. The molecule has 1 aliphatic heterocycles. The van der Waals surface area contributed by atoms with Crippen LogP contribution in [0.4, 0.5) is 0 Å². The van der Waals surface area contributed by atoms with E-state index in [1.807, 2.05) is 0 Å². The number of ether oxygens (including phenoxy) is 1. The van der Waals surface area contributed by atoms with Crippen molar-refractivity contribution in [3.63, 3.8) is 0 Å². The zero-order valence-electron chi connectivity index (χ0n) is 13.2. The molecule has 0 spiro atoms. The summed E-state index contributed by atoms with van der Waals surface area (Å²) in [6.07, 6.45) is 3.85. The molecule has 1 heterocycles. The van der Waals surface area contributed by atoms with Gasteiger partial charge < -0.3 is 10.5 Å². The summed E-state index contributed by atoms with van der Waals surface area (Å²) in [5, 5.41) is 0. The molecule has 1 saturated heterocycles. The molecule has 3 heteroatoms. The predicted molar refractivity (Wildman–Crippen MR) is 86.4 cm³/mol. The number of benzene rings is 1. The second kappa shape index (κ2) is 6.47. The van der Waals surface area contributed by atoms with Crippen molar-refractivity contribution in [1.82, 2.24) is 4.90 Å². The first kappa shape index (κ1) is 15.0. The Hall–Kier alpha value is -0.900. The van der Waals surface area contributed by atoms with E-state index in [0.717, 1.165) is 19.6 Å². The summed E-state index contributed by atoms with van der Waals surface area (Å²) in [7, 11) is 0. The van der Waals surface area contributed by atoms with Crippen molar-refractivity contribution in [3.8, 4) is 0 Å². The van der Waals surface area contributed by atoms with E-state index in [1.165, 1.54) is 18.4 Å². The van der Waals surface area contributed by atoms with Gasteiger partial charge in [-0.1, -0.05) is 30.3 Å². The Morgan fingerprint density at radius 2 is 1.90 bits per heavy atom. The van der Waals surface area contributed by atoms with Gasteiger partial charge >= 0.3 is 0 Å². The van der Waals surface area contributed by atoms with Gasteiger partial charge in [-0.2, -0.15) is 0 Å². The molecule has 2 fully saturated rings. The largest absolute Gasteiger partial charge is 0.376 e. The number of hydrogen-bond donors (Lipinski definition) is 1. The molecular weight excluding hydrogens is 260 g/mol. The van der Waals surface area contributed by atoms with Crippen molar-refractivity contribution >= 4 is 0 Å². The lowest BCUT2D eigenvalue weighted by Gasteiger charge is -2.47. The van der Waals surface area contributed by atoms with E-state index >= 15 is 0 Å². The van der Waals surface area contributed by atoms with E-state index < -0.39 is 0 Å². The molecule has 0 radical (unpaired) electrons. The molecule has 5 atom stereocenters. The van der Waals surface area contributed by atoms with Gasteiger partial charge in [-0.3, -0.25) is 4.90 Å². The van der Waals surface area contributed by atoms with E-state index in [1.54, 1.807) is 0 Å². The summed E-state index contributed by atoms with van der Waals surface area (Å²) >= 11 is 0. The molecule has 5 unspecified atom stereocenters. The van der Waals surface area contributed by atoms with Gasteiger partial charge in [0, 0.05) is 24.7 Å². The van der Waals surface area contributed by atoms with E-state index in [0.29, 0.717) is 30.1 Å². The van der Waals surface area contributed by atoms with Crippen molar-refractivity contribution in [2.24, 2.45) is 5.73 Å². The summed E-state index contributed by atoms with van der Waals surface area (Å²) in [5.41, 5.74) is 7.95. The molecule has 1 aromatic carbocycles. The maximum absolute atomic E-state index is 6.48. The molecular formula is C18H28N2O. The van der Waals surface area contributed by atoms with E-state index in [9.17, 15) is 0 Å². The van der Waals surface area contributed by atoms with Crippen LogP contribution in [-0.2, 0) is 4.74 Å². The maximum atomic E-state index is 6.48. The first-order valence-electron chi connectivity index (χ1n) is 8.33. The number of nitrogens with zero attached hydrogens (tertiary/aromatic N) is 1. The number of rotatable bonds is 2. The SMILES string of the molecule is CC1CN(C2CC(c3ccccc3)CCC2N)C(C)CO1. The zero-order valence-corrected chi connectivity index (χ0v) is 13.2. The molecule has 116 valence electrons. The average molecular weight is 288 g/mol. The Bertz CT molecular complexity index is 450. The third-order valence-corrected chi connectivity index (χ3v) is 5.22. The topological polar surface area (TPSA) is 38.5 Å². The zero-order chi connectivity index (χ0) is 14.8. The van der Waals surface area contributed by atoms with Gasteiger partial charge in [0.15, 0.2) is 0 Å². The van der Waals surface area contributed by atoms with Gasteiger partial charge in [0.2, 0.25) is 0 Å². The number of morpholine rings is 1. The molecule has 2 N–H and O–H groups in total. The second-order valence-corrected chi connectivity index (χ2v) is 6.84. The Morgan fingerprint density at radius 3 is 2.67 bits per heavy atom. The summed E-state index contributed by atoms with van der Waals surface area (Å²) in [4.78, 5) is 2.61. The van der Waals surface area contributed by atoms with Crippen LogP contribution in [0, 0.1) is 0 Å². The normalized spacial score (nSPS) is 38.3. The highest BCUT2D eigenvalue weighted by molar-refractivity contribution is 5.21. The third kappa shape index (κ3) is 3.31. The van der Waals surface area contributed by atoms with Gasteiger partial charge in [-0.25, -0.2) is 0 Å². The average Bonchev–Trinajstić information content (AvgIpc) is 2.51. The molecule has 0 bridgehead atoms. The molecule has 3 nitrogen and oxygen atoms in total. The van der Waals surface area contributed by atoms with Crippen LogP contribution >= 0.6 is 0 Å². The van der Waals surface area contributed by atoms with Crippen LogP contribution < -0.4 is 5.73 Å². The lowest BCUT2D eigenvalue weighted by Crippen LogP contribution is -2.59. The fourth-order valence-electron chi connectivity index (χ4n) is 3.97. The Labute approximate surface area is 128 Å². The van der Waals surface area contributed by atoms with Crippen LogP contribution in [0.25, 0.3) is 0 Å². The quantitative estimate of drug-likeness (QED) is 0.909. The first-order valence-corrected chi connectivity index (χ1v) is 8.33. The van der Waals surface area contributed by atoms with Crippen LogP contribution in [0.2, 0.25) is 0 Å². The molecule has 0 amide bonds. The van der Waals surface area contributed by atoms with Crippen LogP contribution in [0.3, 0.4) is 0 Å². The van der Waals surface area contributed by atoms with Crippen LogP contribution in [0.15, 0.2) is 30.3 Å². The van der Waals surface area contributed by atoms with Gasteiger partial charge in [-0.15, -0.1) is 0 Å². The van der Waals surface area contributed by atoms with E-state index in [4.69, 9.17) is 10.5 Å². The Balaban J connectivity index is 1.74. The molecule has 1 aliphatic carbocycles. The van der Waals surface area contributed by atoms with Gasteiger partial charge in [-0.05, 0) is 44.6 Å². The van der Waals surface area contributed by atoms with Crippen molar-refractivity contribution in [2.45, 2.75) is 63.3 Å². The molecule has 1 saturated carbocycles. The Morgan fingerprint density at radius 1 is 1.14 bits per heavy atom. The minimum absolute atomic E-state index is 0.303. The lowest BCUT2D eigenvalue weighted by molar-refractivity contribution is -0.0752. The minimum atomic E-state index is 0.303. The highest BCUT2D eigenvalue weighted by atomic mass is 16.5. The Kier molecular flexibility index (Phi) is 4.63. The fourth-order valence-corrected chi connectivity index (χ4v) is 3.97. The molecule has 0 aromatic heterocycles. The van der Waals surface area contributed by atoms with Gasteiger partial charge in [0.1, 0.15) is 0 Å². The predicted octanol–water partition coefficient (Wildman–Crippen LogP) is 2.76. The summed E-state index contributed by atoms with van der Waals surface area (Å²) < 4.78 is 5.78. The minimum Gasteiger partial charge on any atom is -0.376 e.